The van der Waals surface area contributed by atoms with E-state index in [1.54, 1.807) is 49.4 Å². The summed E-state index contributed by atoms with van der Waals surface area (Å²) in [5, 5.41) is 41.8. The number of esters is 1. The van der Waals surface area contributed by atoms with Gasteiger partial charge < -0.3 is 62.2 Å². The van der Waals surface area contributed by atoms with Gasteiger partial charge in [0.25, 0.3) is 5.91 Å². The van der Waals surface area contributed by atoms with E-state index < -0.39 is 41.9 Å². The van der Waals surface area contributed by atoms with Gasteiger partial charge in [-0.1, -0.05) is 36.0 Å². The molecule has 10 N–H and O–H groups in total. The molecule has 0 radical (unpaired) electrons. The van der Waals surface area contributed by atoms with Gasteiger partial charge in [-0.3, -0.25) is 19.6 Å². The number of carboxylic acid groups (broad SMARTS) is 1. The van der Waals surface area contributed by atoms with E-state index in [0.717, 1.165) is 47.6 Å². The number of thioether (sulfide) groups is 1. The second-order valence-corrected chi connectivity index (χ2v) is 17.3. The highest BCUT2D eigenvalue weighted by Crippen LogP contribution is 2.41. The number of ether oxygens (including phenoxy) is 2. The number of rotatable bonds is 17. The number of amides is 5. The van der Waals surface area contributed by atoms with E-state index in [-0.39, 0.29) is 58.7 Å². The van der Waals surface area contributed by atoms with Crippen LogP contribution in [0.4, 0.5) is 51.2 Å². The third-order valence-electron chi connectivity index (χ3n) is 10.7. The molecule has 0 aliphatic carbocycles. The van der Waals surface area contributed by atoms with E-state index in [9.17, 15) is 42.3 Å². The fraction of sp³-hybridized carbons (Fsp3) is 0.192. The summed E-state index contributed by atoms with van der Waals surface area (Å²) < 4.78 is 42.7. The van der Waals surface area contributed by atoms with Gasteiger partial charge in [0.1, 0.15) is 17.2 Å². The predicted molar refractivity (Wildman–Crippen MR) is 282 cm³/mol. The predicted octanol–water partition coefficient (Wildman–Crippen LogP) is 7.76. The first-order valence-electron chi connectivity index (χ1n) is 23.3. The molecule has 20 nitrogen and oxygen atoms in total. The van der Waals surface area contributed by atoms with Crippen LogP contribution < -0.4 is 47.3 Å². The number of halogens is 3. The van der Waals surface area contributed by atoms with Crippen molar-refractivity contribution in [1.82, 2.24) is 16.0 Å². The second kappa shape index (κ2) is 25.6. The normalized spacial score (nSPS) is 14.2. The summed E-state index contributed by atoms with van der Waals surface area (Å²) in [5.41, 5.74) is 4.56. The lowest BCUT2D eigenvalue weighted by Crippen LogP contribution is -2.26. The third kappa shape index (κ3) is 15.4. The van der Waals surface area contributed by atoms with E-state index in [2.05, 4.69) is 52.5 Å². The van der Waals surface area contributed by atoms with Gasteiger partial charge >= 0.3 is 30.2 Å². The van der Waals surface area contributed by atoms with Crippen LogP contribution >= 0.6 is 11.8 Å². The molecule has 0 atom stereocenters. The molecule has 0 unspecified atom stereocenters. The summed E-state index contributed by atoms with van der Waals surface area (Å²) >= 11 is 1.09. The smallest absolute Gasteiger partial charge is 0.490 e. The summed E-state index contributed by atoms with van der Waals surface area (Å²) in [7, 11) is 0. The number of nitrogens with one attached hydrogen (secondary N) is 8. The second-order valence-electron chi connectivity index (χ2n) is 16.3. The number of anilines is 5. The Morgan fingerprint density at radius 2 is 1.29 bits per heavy atom. The Hall–Kier alpha value is -9.32. The lowest BCUT2D eigenvalue weighted by molar-refractivity contribution is -0.192. The fourth-order valence-electron chi connectivity index (χ4n) is 7.21. The monoisotopic (exact) mass is 1060 g/mol. The largest absolute Gasteiger partial charge is 0.504 e. The molecule has 5 aromatic rings. The number of aliphatic carboxylic acids is 1. The highest BCUT2D eigenvalue weighted by atomic mass is 32.2. The molecule has 0 saturated carbocycles. The van der Waals surface area contributed by atoms with Gasteiger partial charge in [0.05, 0.1) is 36.2 Å². The SMILES string of the molecule is CCOC(=O)C1=C(Nc2ccccc2)S/C(=C\c2ccc(OCCCNC(=O)c3cc(NC(=O)Nc4ccc(C5=NCCN5)cc4)cc(NC(=O)Nc4ccc(C5=NCCN5)cc4)c3)c(O)c2)C1=O.O=C(O)C(F)(F)F. The molecule has 0 spiro atoms. The zero-order valence-corrected chi connectivity index (χ0v) is 41.1. The van der Waals surface area contributed by atoms with E-state index in [1.807, 2.05) is 54.6 Å². The van der Waals surface area contributed by atoms with Gasteiger partial charge in [-0.15, -0.1) is 0 Å². The van der Waals surface area contributed by atoms with E-state index in [0.29, 0.717) is 47.2 Å². The Bertz CT molecular complexity index is 3010. The van der Waals surface area contributed by atoms with Crippen LogP contribution in [0.5, 0.6) is 11.5 Å². The number of alkyl halides is 3. The number of nitrogens with zero attached hydrogens (tertiary/aromatic N) is 2. The van der Waals surface area contributed by atoms with Crippen LogP contribution in [0, 0.1) is 0 Å². The Balaban J connectivity index is 0.00000112. The Labute approximate surface area is 436 Å². The van der Waals surface area contributed by atoms with Gasteiger partial charge in [-0.05, 0) is 116 Å². The number of carbonyl (C=O) groups is 6. The van der Waals surface area contributed by atoms with Gasteiger partial charge in [0.15, 0.2) is 11.5 Å². The fourth-order valence-corrected chi connectivity index (χ4v) is 8.27. The molecular formula is C52H49F3N10O10S. The maximum Gasteiger partial charge on any atom is 0.490 e. The van der Waals surface area contributed by atoms with Crippen molar-refractivity contribution in [2.75, 3.05) is 72.5 Å². The van der Waals surface area contributed by atoms with Crippen molar-refractivity contribution in [3.05, 3.63) is 153 Å². The summed E-state index contributed by atoms with van der Waals surface area (Å²) in [6.07, 6.45) is -3.16. The molecule has 8 rings (SSSR count). The first-order chi connectivity index (χ1) is 36.5. The summed E-state index contributed by atoms with van der Waals surface area (Å²) in [6, 6.07) is 31.5. The van der Waals surface area contributed by atoms with E-state index in [1.165, 1.54) is 24.3 Å². The number of phenols is 1. The Morgan fingerprint density at radius 1 is 0.737 bits per heavy atom. The average Bonchev–Trinajstić information content (AvgIpc) is 4.19. The number of aromatic hydroxyl groups is 1. The van der Waals surface area contributed by atoms with Crippen molar-refractivity contribution in [3.63, 3.8) is 0 Å². The molecule has 76 heavy (non-hydrogen) atoms. The average molecular weight is 1060 g/mol. The quantitative estimate of drug-likeness (QED) is 0.0185. The van der Waals surface area contributed by atoms with Crippen LogP contribution in [0.25, 0.3) is 6.08 Å². The number of allylic oxidation sites excluding steroid dienone is 1. The molecule has 24 heteroatoms. The molecule has 0 aromatic heterocycles. The number of phenolic OH excluding ortho intramolecular Hbond substituents is 1. The number of ketones is 1. The van der Waals surface area contributed by atoms with Crippen molar-refractivity contribution in [2.45, 2.75) is 19.5 Å². The molecule has 0 fully saturated rings. The molecule has 394 valence electrons. The van der Waals surface area contributed by atoms with Crippen LogP contribution in [0.15, 0.2) is 141 Å². The van der Waals surface area contributed by atoms with Crippen LogP contribution in [0.3, 0.4) is 0 Å². The number of aliphatic imine (C=N–C) groups is 2. The maximum absolute atomic E-state index is 13.5. The molecule has 3 aliphatic heterocycles. The van der Waals surface area contributed by atoms with Gasteiger partial charge in [0.2, 0.25) is 5.78 Å². The number of urea groups is 2. The van der Waals surface area contributed by atoms with Crippen LogP contribution in [0.1, 0.15) is 40.4 Å². The summed E-state index contributed by atoms with van der Waals surface area (Å²) in [4.78, 5) is 84.1. The third-order valence-corrected chi connectivity index (χ3v) is 11.7. The number of carbonyl (C=O) groups excluding carboxylic acids is 5. The molecule has 5 aromatic carbocycles. The number of para-hydroxylation sites is 1. The minimum atomic E-state index is -5.08. The van der Waals surface area contributed by atoms with Crippen LogP contribution in [-0.4, -0.2) is 110 Å². The van der Waals surface area contributed by atoms with Crippen molar-refractivity contribution in [3.8, 4) is 11.5 Å². The molecule has 3 aliphatic rings. The topological polar surface area (TPSA) is 282 Å². The molecule has 0 bridgehead atoms. The lowest BCUT2D eigenvalue weighted by Gasteiger charge is -2.14. The number of carboxylic acids is 1. The first kappa shape index (κ1) is 54.5. The summed E-state index contributed by atoms with van der Waals surface area (Å²) in [5.74, 6) is -2.88. The number of hydrogen-bond acceptors (Lipinski definition) is 15. The van der Waals surface area contributed by atoms with Crippen molar-refractivity contribution in [1.29, 1.82) is 0 Å². The Morgan fingerprint density at radius 3 is 1.79 bits per heavy atom. The highest BCUT2D eigenvalue weighted by molar-refractivity contribution is 8.08. The Kier molecular flexibility index (Phi) is 18.3. The molecule has 5 amide bonds. The van der Waals surface area contributed by atoms with Gasteiger partial charge in [-0.25, -0.2) is 19.2 Å². The lowest BCUT2D eigenvalue weighted by atomic mass is 10.1. The highest BCUT2D eigenvalue weighted by Gasteiger charge is 2.38. The number of benzene rings is 5. The summed E-state index contributed by atoms with van der Waals surface area (Å²) in [6.45, 7) is 5.01. The first-order valence-corrected chi connectivity index (χ1v) is 24.1. The van der Waals surface area contributed by atoms with E-state index in [4.69, 9.17) is 19.4 Å². The van der Waals surface area contributed by atoms with Crippen molar-refractivity contribution >= 4 is 93.6 Å². The number of Topliss-reactive ketones (excluding diaryl/α,β-unsaturated/α-hetero) is 1. The standard InChI is InChI=1S/C50H48N10O8S.C2HF3O2/c1-2-67-48(64)42-43(62)41(69-47(42)56-34-7-4-3-5-8-34)26-30-9-18-40(39(61)25-30)68-24-6-19-55-46(63)33-27-37(59-49(65)57-35-14-10-31(11-15-35)44-51-20-21-52-44)29-38(28-33)60-50(66)58-36-16-12-32(13-17-36)45-53-22-23-54-45;3-2(4,5)1(6)7/h3-5,7-18,25-29,56,61H,2,6,19-24H2,1H3,(H,51,52)(H,53,54)(H,55,63)(H2,57,59,65)(H2,58,60,66);(H,6,7)/b41-26-;. The maximum atomic E-state index is 13.5. The molecule has 3 heterocycles. The number of amidine groups is 2. The molecular weight excluding hydrogens is 1010 g/mol. The van der Waals surface area contributed by atoms with Gasteiger partial charge in [0, 0.05) is 64.8 Å². The minimum absolute atomic E-state index is 0.0995. The van der Waals surface area contributed by atoms with E-state index >= 15 is 0 Å². The van der Waals surface area contributed by atoms with Gasteiger partial charge in [-0.2, -0.15) is 13.2 Å². The van der Waals surface area contributed by atoms with Crippen molar-refractivity contribution < 1.29 is 61.6 Å². The van der Waals surface area contributed by atoms with Crippen LogP contribution in [0.2, 0.25) is 0 Å². The van der Waals surface area contributed by atoms with Crippen LogP contribution in [-0.2, 0) is 19.1 Å². The van der Waals surface area contributed by atoms with Crippen molar-refractivity contribution in [2.24, 2.45) is 9.98 Å². The minimum Gasteiger partial charge on any atom is -0.504 e. The zero-order chi connectivity index (χ0) is 54.2. The molecule has 0 saturated heterocycles. The zero-order valence-electron chi connectivity index (χ0n) is 40.3. The number of hydrogen-bond donors (Lipinski definition) is 10.